The van der Waals surface area contributed by atoms with Crippen LogP contribution in [0.1, 0.15) is 12.8 Å². The van der Waals surface area contributed by atoms with E-state index < -0.39 is 0 Å². The highest BCUT2D eigenvalue weighted by Crippen LogP contribution is 2.00. The van der Waals surface area contributed by atoms with E-state index in [-0.39, 0.29) is 0 Å². The molecular formula is C7H15N5S. The second kappa shape index (κ2) is 5.80. The van der Waals surface area contributed by atoms with E-state index in [1.54, 1.807) is 4.68 Å². The summed E-state index contributed by atoms with van der Waals surface area (Å²) in [5.41, 5.74) is 0. The fraction of sp³-hybridized carbons (Fsp3) is 0.857. The van der Waals surface area contributed by atoms with Crippen LogP contribution in [0.5, 0.6) is 0 Å². The molecule has 6 heteroatoms. The zero-order chi connectivity index (χ0) is 9.52. The maximum Gasteiger partial charge on any atom is 0.242 e. The number of hydrogen-bond acceptors (Lipinski definition) is 5. The van der Waals surface area contributed by atoms with Gasteiger partial charge in [-0.2, -0.15) is 11.8 Å². The Morgan fingerprint density at radius 3 is 2.92 bits per heavy atom. The van der Waals surface area contributed by atoms with Crippen LogP contribution < -0.4 is 5.32 Å². The first kappa shape index (κ1) is 10.3. The summed E-state index contributed by atoms with van der Waals surface area (Å²) in [5, 5.41) is 14.2. The molecule has 13 heavy (non-hydrogen) atoms. The zero-order valence-electron chi connectivity index (χ0n) is 8.03. The fourth-order valence-electron chi connectivity index (χ4n) is 0.951. The Hall–Kier alpha value is -0.780. The van der Waals surface area contributed by atoms with Crippen LogP contribution in [-0.4, -0.2) is 38.8 Å². The minimum absolute atomic E-state index is 0.740. The van der Waals surface area contributed by atoms with Crippen molar-refractivity contribution < 1.29 is 0 Å². The number of tetrazole rings is 1. The van der Waals surface area contributed by atoms with Crippen molar-refractivity contribution >= 4 is 17.7 Å². The molecule has 0 unspecified atom stereocenters. The smallest absolute Gasteiger partial charge is 0.242 e. The molecule has 0 aromatic carbocycles. The number of thioether (sulfide) groups is 1. The first-order valence-corrected chi connectivity index (χ1v) is 5.69. The number of rotatable bonds is 6. The lowest BCUT2D eigenvalue weighted by Crippen LogP contribution is -2.07. The Morgan fingerprint density at radius 1 is 1.46 bits per heavy atom. The van der Waals surface area contributed by atoms with Crippen LogP contribution >= 0.6 is 11.8 Å². The average molecular weight is 201 g/mol. The van der Waals surface area contributed by atoms with E-state index in [4.69, 9.17) is 0 Å². The second-order valence-electron chi connectivity index (χ2n) is 2.75. The number of aryl methyl sites for hydroxylation is 1. The Bertz CT molecular complexity index is 237. The number of anilines is 1. The van der Waals surface area contributed by atoms with E-state index in [2.05, 4.69) is 27.1 Å². The van der Waals surface area contributed by atoms with Crippen molar-refractivity contribution in [3.8, 4) is 0 Å². The zero-order valence-corrected chi connectivity index (χ0v) is 8.84. The number of nitrogens with zero attached hydrogens (tertiary/aromatic N) is 4. The lowest BCUT2D eigenvalue weighted by Gasteiger charge is -2.02. The van der Waals surface area contributed by atoms with Crippen LogP contribution in [0.3, 0.4) is 0 Å². The third kappa shape index (κ3) is 3.63. The largest absolute Gasteiger partial charge is 0.353 e. The monoisotopic (exact) mass is 201 g/mol. The summed E-state index contributed by atoms with van der Waals surface area (Å²) in [4.78, 5) is 0. The van der Waals surface area contributed by atoms with Gasteiger partial charge in [0.25, 0.3) is 0 Å². The van der Waals surface area contributed by atoms with Crippen LogP contribution in [-0.2, 0) is 7.05 Å². The Morgan fingerprint density at radius 2 is 2.31 bits per heavy atom. The quantitative estimate of drug-likeness (QED) is 0.689. The molecule has 0 aliphatic carbocycles. The molecule has 0 amide bonds. The molecule has 0 atom stereocenters. The van der Waals surface area contributed by atoms with Crippen molar-refractivity contribution in [3.63, 3.8) is 0 Å². The summed E-state index contributed by atoms with van der Waals surface area (Å²) in [5.74, 6) is 1.96. The molecule has 0 saturated carbocycles. The highest BCUT2D eigenvalue weighted by atomic mass is 32.2. The van der Waals surface area contributed by atoms with Gasteiger partial charge in [0.05, 0.1) is 0 Å². The molecule has 1 aromatic heterocycles. The minimum atomic E-state index is 0.740. The van der Waals surface area contributed by atoms with Crippen molar-refractivity contribution in [2.24, 2.45) is 7.05 Å². The molecule has 1 aromatic rings. The highest BCUT2D eigenvalue weighted by Gasteiger charge is 1.98. The summed E-state index contributed by atoms with van der Waals surface area (Å²) >= 11 is 1.88. The molecular weight excluding hydrogens is 186 g/mol. The number of aromatic nitrogens is 4. The van der Waals surface area contributed by atoms with Gasteiger partial charge in [-0.1, -0.05) is 5.10 Å². The number of unbranched alkanes of at least 4 members (excludes halogenated alkanes) is 1. The van der Waals surface area contributed by atoms with Gasteiger partial charge in [0.15, 0.2) is 0 Å². The van der Waals surface area contributed by atoms with Crippen LogP contribution in [0.2, 0.25) is 0 Å². The fourth-order valence-corrected chi connectivity index (χ4v) is 1.44. The van der Waals surface area contributed by atoms with Gasteiger partial charge < -0.3 is 5.32 Å². The van der Waals surface area contributed by atoms with Gasteiger partial charge in [-0.3, -0.25) is 0 Å². The molecule has 1 N–H and O–H groups in total. The van der Waals surface area contributed by atoms with Gasteiger partial charge in [-0.25, -0.2) is 4.68 Å². The highest BCUT2D eigenvalue weighted by molar-refractivity contribution is 7.98. The Kier molecular flexibility index (Phi) is 4.59. The topological polar surface area (TPSA) is 55.6 Å². The van der Waals surface area contributed by atoms with Crippen LogP contribution in [0.4, 0.5) is 5.95 Å². The van der Waals surface area contributed by atoms with Crippen molar-refractivity contribution in [1.82, 2.24) is 20.2 Å². The van der Waals surface area contributed by atoms with E-state index >= 15 is 0 Å². The predicted molar refractivity (Wildman–Crippen MR) is 54.9 cm³/mol. The van der Waals surface area contributed by atoms with Gasteiger partial charge in [0, 0.05) is 13.6 Å². The SMILES string of the molecule is CSCCCCNc1nnnn1C. The Labute approximate surface area is 82.3 Å². The molecule has 74 valence electrons. The molecule has 0 aliphatic heterocycles. The van der Waals surface area contributed by atoms with Crippen molar-refractivity contribution in [2.75, 3.05) is 23.9 Å². The summed E-state index contributed by atoms with van der Waals surface area (Å²) in [7, 11) is 1.82. The second-order valence-corrected chi connectivity index (χ2v) is 3.74. The average Bonchev–Trinajstić information content (AvgIpc) is 2.52. The molecule has 0 fully saturated rings. The third-order valence-corrected chi connectivity index (χ3v) is 2.38. The lowest BCUT2D eigenvalue weighted by molar-refractivity contribution is 0.709. The Balaban J connectivity index is 2.10. The molecule has 0 bridgehead atoms. The molecule has 0 radical (unpaired) electrons. The van der Waals surface area contributed by atoms with Gasteiger partial charge in [0.2, 0.25) is 5.95 Å². The maximum atomic E-state index is 3.82. The van der Waals surface area contributed by atoms with E-state index in [1.165, 1.54) is 12.2 Å². The molecule has 1 rings (SSSR count). The third-order valence-electron chi connectivity index (χ3n) is 1.68. The molecule has 0 saturated heterocycles. The van der Waals surface area contributed by atoms with Crippen LogP contribution in [0.15, 0.2) is 0 Å². The normalized spacial score (nSPS) is 10.3. The molecule has 0 spiro atoms. The first-order valence-electron chi connectivity index (χ1n) is 4.29. The summed E-state index contributed by atoms with van der Waals surface area (Å²) in [6.07, 6.45) is 4.52. The molecule has 0 aliphatic rings. The number of hydrogen-bond donors (Lipinski definition) is 1. The minimum Gasteiger partial charge on any atom is -0.353 e. The van der Waals surface area contributed by atoms with Crippen LogP contribution in [0.25, 0.3) is 0 Å². The van der Waals surface area contributed by atoms with Gasteiger partial charge in [-0.05, 0) is 35.3 Å². The van der Waals surface area contributed by atoms with Crippen molar-refractivity contribution in [1.29, 1.82) is 0 Å². The van der Waals surface area contributed by atoms with Crippen molar-refractivity contribution in [2.45, 2.75) is 12.8 Å². The number of nitrogens with one attached hydrogen (secondary N) is 1. The maximum absolute atomic E-state index is 3.82. The van der Waals surface area contributed by atoms with E-state index in [0.29, 0.717) is 0 Å². The van der Waals surface area contributed by atoms with Crippen molar-refractivity contribution in [3.05, 3.63) is 0 Å². The van der Waals surface area contributed by atoms with Gasteiger partial charge in [0.1, 0.15) is 0 Å². The van der Waals surface area contributed by atoms with Gasteiger partial charge >= 0.3 is 0 Å². The molecule has 5 nitrogen and oxygen atoms in total. The standard InChI is InChI=1S/C7H15N5S/c1-12-7(9-10-11-12)8-5-3-4-6-13-2/h3-6H2,1-2H3,(H,8,9,11). The van der Waals surface area contributed by atoms with Crippen LogP contribution in [0, 0.1) is 0 Å². The van der Waals surface area contributed by atoms with E-state index in [0.717, 1.165) is 18.9 Å². The summed E-state index contributed by atoms with van der Waals surface area (Å²) in [6, 6.07) is 0. The van der Waals surface area contributed by atoms with E-state index in [1.807, 2.05) is 18.8 Å². The summed E-state index contributed by atoms with van der Waals surface area (Å²) in [6.45, 7) is 0.939. The summed E-state index contributed by atoms with van der Waals surface area (Å²) < 4.78 is 1.63. The lowest BCUT2D eigenvalue weighted by atomic mass is 10.3. The van der Waals surface area contributed by atoms with E-state index in [9.17, 15) is 0 Å². The van der Waals surface area contributed by atoms with Gasteiger partial charge in [-0.15, -0.1) is 0 Å². The molecule has 1 heterocycles. The predicted octanol–water partition coefficient (Wildman–Crippen LogP) is 0.765. The first-order chi connectivity index (χ1) is 6.34.